The number of rotatable bonds is 4. The second kappa shape index (κ2) is 6.58. The van der Waals surface area contributed by atoms with Gasteiger partial charge < -0.3 is 4.74 Å². The number of ether oxygens (including phenoxy) is 1. The third kappa shape index (κ3) is 3.34. The summed E-state index contributed by atoms with van der Waals surface area (Å²) in [5.41, 5.74) is 0.144. The molecule has 0 bridgehead atoms. The standard InChI is InChI=1S/C10H9BrF2INO2/c1-2-17-10(16)8-7(14)6(9(12)13)5(3-11)4-15-8/h4,9H,2-3H2,1H3. The monoisotopic (exact) mass is 419 g/mol. The summed E-state index contributed by atoms with van der Waals surface area (Å²) in [5, 5.41) is 0.263. The summed E-state index contributed by atoms with van der Waals surface area (Å²) in [6.07, 6.45) is -1.38. The first-order chi connectivity index (χ1) is 8.02. The molecule has 17 heavy (non-hydrogen) atoms. The number of nitrogens with zero attached hydrogens (tertiary/aromatic N) is 1. The molecule has 1 rings (SSSR count). The van der Waals surface area contributed by atoms with Crippen molar-refractivity contribution in [1.29, 1.82) is 0 Å². The van der Waals surface area contributed by atoms with Crippen molar-refractivity contribution >= 4 is 44.5 Å². The molecule has 1 aromatic heterocycles. The van der Waals surface area contributed by atoms with Gasteiger partial charge in [-0.15, -0.1) is 0 Å². The molecule has 0 amide bonds. The van der Waals surface area contributed by atoms with Gasteiger partial charge in [0.25, 0.3) is 6.43 Å². The molecule has 0 saturated heterocycles. The molecule has 0 aliphatic rings. The summed E-state index contributed by atoms with van der Waals surface area (Å²) in [4.78, 5) is 15.4. The molecule has 7 heteroatoms. The number of hydrogen-bond donors (Lipinski definition) is 0. The Labute approximate surface area is 119 Å². The minimum atomic E-state index is -2.65. The predicted octanol–water partition coefficient (Wildman–Crippen LogP) is 3.70. The van der Waals surface area contributed by atoms with E-state index in [4.69, 9.17) is 4.74 Å². The van der Waals surface area contributed by atoms with Gasteiger partial charge in [0.15, 0.2) is 5.69 Å². The molecule has 0 radical (unpaired) electrons. The summed E-state index contributed by atoms with van der Waals surface area (Å²) in [6.45, 7) is 1.83. The average Bonchev–Trinajstić information content (AvgIpc) is 2.27. The van der Waals surface area contributed by atoms with Crippen LogP contribution in [0.5, 0.6) is 0 Å². The van der Waals surface area contributed by atoms with Crippen molar-refractivity contribution in [2.45, 2.75) is 18.7 Å². The van der Waals surface area contributed by atoms with Crippen molar-refractivity contribution in [2.75, 3.05) is 6.61 Å². The maximum Gasteiger partial charge on any atom is 0.358 e. The lowest BCUT2D eigenvalue weighted by Gasteiger charge is -2.11. The lowest BCUT2D eigenvalue weighted by atomic mass is 10.1. The van der Waals surface area contributed by atoms with E-state index in [9.17, 15) is 13.6 Å². The van der Waals surface area contributed by atoms with Crippen LogP contribution < -0.4 is 0 Å². The Kier molecular flexibility index (Phi) is 5.71. The fourth-order valence-corrected chi connectivity index (χ4v) is 2.61. The third-order valence-electron chi connectivity index (χ3n) is 1.97. The van der Waals surface area contributed by atoms with Gasteiger partial charge >= 0.3 is 5.97 Å². The van der Waals surface area contributed by atoms with Crippen LogP contribution in [0.3, 0.4) is 0 Å². The Bertz CT molecular complexity index is 429. The zero-order valence-corrected chi connectivity index (χ0v) is 12.6. The lowest BCUT2D eigenvalue weighted by Crippen LogP contribution is -2.12. The average molecular weight is 420 g/mol. The van der Waals surface area contributed by atoms with Crippen LogP contribution in [0.4, 0.5) is 8.78 Å². The highest BCUT2D eigenvalue weighted by atomic mass is 127. The maximum atomic E-state index is 12.9. The quantitative estimate of drug-likeness (QED) is 0.424. The van der Waals surface area contributed by atoms with Crippen LogP contribution in [0.2, 0.25) is 0 Å². The minimum absolute atomic E-state index is 0.0625. The molecule has 0 atom stereocenters. The van der Waals surface area contributed by atoms with Gasteiger partial charge in [0.1, 0.15) is 0 Å². The first-order valence-electron chi connectivity index (χ1n) is 4.71. The van der Waals surface area contributed by atoms with Crippen molar-refractivity contribution in [3.8, 4) is 0 Å². The molecule has 1 aromatic rings. The smallest absolute Gasteiger partial charge is 0.358 e. The Hall–Kier alpha value is -0.310. The normalized spacial score (nSPS) is 10.7. The highest BCUT2D eigenvalue weighted by Gasteiger charge is 2.23. The molecule has 0 aliphatic carbocycles. The fraction of sp³-hybridized carbons (Fsp3) is 0.400. The number of pyridine rings is 1. The second-order valence-corrected chi connectivity index (χ2v) is 4.65. The SMILES string of the molecule is CCOC(=O)c1ncc(CBr)c(C(F)F)c1I. The molecule has 0 aromatic carbocycles. The minimum Gasteiger partial charge on any atom is -0.461 e. The van der Waals surface area contributed by atoms with Crippen molar-refractivity contribution in [3.63, 3.8) is 0 Å². The predicted molar refractivity (Wildman–Crippen MR) is 70.5 cm³/mol. The zero-order valence-electron chi connectivity index (χ0n) is 8.84. The van der Waals surface area contributed by atoms with E-state index in [0.717, 1.165) is 0 Å². The van der Waals surface area contributed by atoms with E-state index >= 15 is 0 Å². The molecule has 1 heterocycles. The van der Waals surface area contributed by atoms with E-state index in [0.29, 0.717) is 5.56 Å². The Morgan fingerprint density at radius 2 is 2.29 bits per heavy atom. The van der Waals surface area contributed by atoms with Crippen LogP contribution >= 0.6 is 38.5 Å². The van der Waals surface area contributed by atoms with E-state index < -0.39 is 12.4 Å². The van der Waals surface area contributed by atoms with Crippen molar-refractivity contribution < 1.29 is 18.3 Å². The number of esters is 1. The van der Waals surface area contributed by atoms with Crippen molar-refractivity contribution in [3.05, 3.63) is 26.6 Å². The Morgan fingerprint density at radius 3 is 2.76 bits per heavy atom. The largest absolute Gasteiger partial charge is 0.461 e. The molecular formula is C10H9BrF2INO2. The number of halogens is 4. The van der Waals surface area contributed by atoms with E-state index in [1.54, 1.807) is 29.5 Å². The highest BCUT2D eigenvalue weighted by Crippen LogP contribution is 2.30. The summed E-state index contributed by atoms with van der Waals surface area (Å²) >= 11 is 4.81. The zero-order chi connectivity index (χ0) is 13.0. The maximum absolute atomic E-state index is 12.9. The first-order valence-corrected chi connectivity index (χ1v) is 6.91. The molecular weight excluding hydrogens is 411 g/mol. The van der Waals surface area contributed by atoms with Crippen LogP contribution in [-0.2, 0) is 10.1 Å². The number of alkyl halides is 3. The van der Waals surface area contributed by atoms with Gasteiger partial charge in [0.05, 0.1) is 10.2 Å². The van der Waals surface area contributed by atoms with E-state index in [-0.39, 0.29) is 26.8 Å². The summed E-state index contributed by atoms with van der Waals surface area (Å²) < 4.78 is 30.7. The summed E-state index contributed by atoms with van der Waals surface area (Å²) in [5.74, 6) is -0.681. The molecule has 0 spiro atoms. The van der Waals surface area contributed by atoms with Crippen molar-refractivity contribution in [2.24, 2.45) is 0 Å². The van der Waals surface area contributed by atoms with Gasteiger partial charge in [-0.25, -0.2) is 18.6 Å². The van der Waals surface area contributed by atoms with Gasteiger partial charge in [0, 0.05) is 17.1 Å². The van der Waals surface area contributed by atoms with E-state index in [1.165, 1.54) is 6.20 Å². The molecule has 0 fully saturated rings. The molecule has 0 saturated carbocycles. The molecule has 3 nitrogen and oxygen atoms in total. The number of carbonyl (C=O) groups excluding carboxylic acids is 1. The topological polar surface area (TPSA) is 39.2 Å². The second-order valence-electron chi connectivity index (χ2n) is 3.01. The Balaban J connectivity index is 3.27. The van der Waals surface area contributed by atoms with Crippen LogP contribution in [0.25, 0.3) is 0 Å². The van der Waals surface area contributed by atoms with E-state index in [1.807, 2.05) is 0 Å². The van der Waals surface area contributed by atoms with Gasteiger partial charge in [0.2, 0.25) is 0 Å². The molecule has 0 unspecified atom stereocenters. The van der Waals surface area contributed by atoms with E-state index in [2.05, 4.69) is 20.9 Å². The number of aromatic nitrogens is 1. The first kappa shape index (κ1) is 14.7. The Morgan fingerprint density at radius 1 is 1.65 bits per heavy atom. The summed E-state index contributed by atoms with van der Waals surface area (Å²) in [7, 11) is 0. The van der Waals surface area contributed by atoms with Crippen LogP contribution in [0, 0.1) is 3.57 Å². The van der Waals surface area contributed by atoms with Crippen LogP contribution in [0.1, 0.15) is 35.0 Å². The van der Waals surface area contributed by atoms with Gasteiger partial charge in [-0.05, 0) is 35.1 Å². The third-order valence-corrected chi connectivity index (χ3v) is 3.67. The van der Waals surface area contributed by atoms with Crippen LogP contribution in [0.15, 0.2) is 6.20 Å². The summed E-state index contributed by atoms with van der Waals surface area (Å²) in [6, 6.07) is 0. The van der Waals surface area contributed by atoms with Gasteiger partial charge in [-0.3, -0.25) is 0 Å². The van der Waals surface area contributed by atoms with Gasteiger partial charge in [-0.1, -0.05) is 15.9 Å². The fourth-order valence-electron chi connectivity index (χ4n) is 1.22. The molecule has 0 aliphatic heterocycles. The molecule has 94 valence electrons. The van der Waals surface area contributed by atoms with Gasteiger partial charge in [-0.2, -0.15) is 0 Å². The van der Waals surface area contributed by atoms with Crippen LogP contribution in [-0.4, -0.2) is 17.6 Å². The lowest BCUT2D eigenvalue weighted by molar-refractivity contribution is 0.0517. The molecule has 0 N–H and O–H groups in total. The number of carbonyl (C=O) groups is 1. The van der Waals surface area contributed by atoms with Crippen molar-refractivity contribution in [1.82, 2.24) is 4.98 Å². The number of hydrogen-bond acceptors (Lipinski definition) is 3. The highest BCUT2D eigenvalue weighted by molar-refractivity contribution is 14.1.